The largest absolute Gasteiger partial charge is 0.453 e. The van der Waals surface area contributed by atoms with Crippen LogP contribution in [0.5, 0.6) is 0 Å². The third-order valence-corrected chi connectivity index (χ3v) is 3.14. The topological polar surface area (TPSA) is 30.2 Å². The fourth-order valence-electron chi connectivity index (χ4n) is 2.01. The molecule has 1 saturated carbocycles. The van der Waals surface area contributed by atoms with Gasteiger partial charge in [0, 0.05) is 10.9 Å². The van der Waals surface area contributed by atoms with Gasteiger partial charge >= 0.3 is 0 Å². The summed E-state index contributed by atoms with van der Waals surface area (Å²) in [5, 5.41) is 1.59. The van der Waals surface area contributed by atoms with Gasteiger partial charge in [0.2, 0.25) is 0 Å². The van der Waals surface area contributed by atoms with Gasteiger partial charge in [0.05, 0.1) is 5.02 Å². The molecule has 0 unspecified atom stereocenters. The van der Waals surface area contributed by atoms with Gasteiger partial charge in [0.15, 0.2) is 12.0 Å². The van der Waals surface area contributed by atoms with Crippen molar-refractivity contribution in [2.24, 2.45) is 0 Å². The highest BCUT2D eigenvalue weighted by Crippen LogP contribution is 2.47. The number of fused-ring (bicyclic) bond motifs is 1. The van der Waals surface area contributed by atoms with Crippen molar-refractivity contribution in [2.75, 3.05) is 0 Å². The minimum atomic E-state index is 0.445. The van der Waals surface area contributed by atoms with E-state index >= 15 is 0 Å². The predicted molar refractivity (Wildman–Crippen MR) is 58.6 cm³/mol. The lowest BCUT2D eigenvalue weighted by Crippen LogP contribution is -1.84. The molecule has 1 aromatic carbocycles. The van der Waals surface area contributed by atoms with E-state index in [4.69, 9.17) is 16.0 Å². The van der Waals surface area contributed by atoms with Crippen molar-refractivity contribution in [1.82, 2.24) is 0 Å². The maximum Gasteiger partial charge on any atom is 0.185 e. The summed E-state index contributed by atoms with van der Waals surface area (Å²) >= 11 is 6.13. The van der Waals surface area contributed by atoms with E-state index in [1.807, 2.05) is 18.2 Å². The van der Waals surface area contributed by atoms with Crippen LogP contribution in [0, 0.1) is 0 Å². The van der Waals surface area contributed by atoms with Crippen LogP contribution in [0.4, 0.5) is 0 Å². The van der Waals surface area contributed by atoms with Crippen LogP contribution >= 0.6 is 11.6 Å². The highest BCUT2D eigenvalue weighted by atomic mass is 35.5. The minimum absolute atomic E-state index is 0.445. The van der Waals surface area contributed by atoms with Gasteiger partial charge in [0.25, 0.3) is 0 Å². The summed E-state index contributed by atoms with van der Waals surface area (Å²) in [4.78, 5) is 10.9. The number of rotatable bonds is 2. The van der Waals surface area contributed by atoms with Crippen LogP contribution in [0.1, 0.15) is 34.9 Å². The van der Waals surface area contributed by atoms with Gasteiger partial charge in [-0.15, -0.1) is 0 Å². The first-order valence-corrected chi connectivity index (χ1v) is 5.35. The Hall–Kier alpha value is -1.28. The number of benzene rings is 1. The van der Waals surface area contributed by atoms with Gasteiger partial charge in [-0.2, -0.15) is 0 Å². The first-order valence-electron chi connectivity index (χ1n) is 4.97. The standard InChI is InChI=1S/C12H9ClO2/c13-8-2-1-3-9-12(8)11(7-4-5-7)10(6-14)15-9/h1-3,6-7H,4-5H2. The van der Waals surface area contributed by atoms with Gasteiger partial charge in [0.1, 0.15) is 5.58 Å². The van der Waals surface area contributed by atoms with E-state index in [1.54, 1.807) is 0 Å². The lowest BCUT2D eigenvalue weighted by atomic mass is 10.1. The molecule has 76 valence electrons. The molecule has 1 aliphatic carbocycles. The highest BCUT2D eigenvalue weighted by Gasteiger charge is 2.31. The molecule has 0 bridgehead atoms. The molecule has 2 nitrogen and oxygen atoms in total. The maximum atomic E-state index is 10.9. The lowest BCUT2D eigenvalue weighted by Gasteiger charge is -1.96. The monoisotopic (exact) mass is 220 g/mol. The Morgan fingerprint density at radius 3 is 2.87 bits per heavy atom. The molecule has 15 heavy (non-hydrogen) atoms. The highest BCUT2D eigenvalue weighted by molar-refractivity contribution is 6.35. The Morgan fingerprint density at radius 1 is 1.40 bits per heavy atom. The fourth-order valence-corrected chi connectivity index (χ4v) is 2.28. The van der Waals surface area contributed by atoms with Crippen LogP contribution in [0.15, 0.2) is 22.6 Å². The first kappa shape index (κ1) is 8.98. The van der Waals surface area contributed by atoms with Crippen LogP contribution in [0.2, 0.25) is 5.02 Å². The quantitative estimate of drug-likeness (QED) is 0.721. The summed E-state index contributed by atoms with van der Waals surface area (Å²) in [7, 11) is 0. The molecule has 0 saturated heterocycles. The Balaban J connectivity index is 2.40. The molecule has 2 aromatic rings. The number of carbonyl (C=O) groups is 1. The molecule has 3 rings (SSSR count). The van der Waals surface area contributed by atoms with Gasteiger partial charge < -0.3 is 4.42 Å². The van der Waals surface area contributed by atoms with E-state index in [1.165, 1.54) is 0 Å². The van der Waals surface area contributed by atoms with Crippen molar-refractivity contribution in [3.8, 4) is 0 Å². The van der Waals surface area contributed by atoms with Crippen LogP contribution < -0.4 is 0 Å². The molecule has 0 radical (unpaired) electrons. The van der Waals surface area contributed by atoms with Crippen LogP contribution in [-0.2, 0) is 0 Å². The van der Waals surface area contributed by atoms with Crippen molar-refractivity contribution in [3.63, 3.8) is 0 Å². The number of aldehydes is 1. The number of carbonyl (C=O) groups excluding carboxylic acids is 1. The SMILES string of the molecule is O=Cc1oc2cccc(Cl)c2c1C1CC1. The molecule has 1 heterocycles. The Bertz CT molecular complexity index is 538. The zero-order chi connectivity index (χ0) is 10.4. The maximum absolute atomic E-state index is 10.9. The molecular formula is C12H9ClO2. The zero-order valence-corrected chi connectivity index (χ0v) is 8.75. The molecule has 0 aliphatic heterocycles. The van der Waals surface area contributed by atoms with E-state index in [0.717, 1.165) is 30.1 Å². The Labute approximate surface area is 91.8 Å². The third kappa shape index (κ3) is 1.29. The molecular weight excluding hydrogens is 212 g/mol. The minimum Gasteiger partial charge on any atom is -0.453 e. The fraction of sp³-hybridized carbons (Fsp3) is 0.250. The van der Waals surface area contributed by atoms with Crippen molar-refractivity contribution in [2.45, 2.75) is 18.8 Å². The smallest absolute Gasteiger partial charge is 0.185 e. The van der Waals surface area contributed by atoms with Crippen molar-refractivity contribution in [3.05, 3.63) is 34.5 Å². The summed E-state index contributed by atoms with van der Waals surface area (Å²) in [6.07, 6.45) is 3.03. The van der Waals surface area contributed by atoms with E-state index in [-0.39, 0.29) is 0 Å². The Kier molecular flexibility index (Phi) is 1.86. The molecule has 1 fully saturated rings. The third-order valence-electron chi connectivity index (χ3n) is 2.82. The van der Waals surface area contributed by atoms with Gasteiger partial charge in [-0.3, -0.25) is 4.79 Å². The zero-order valence-electron chi connectivity index (χ0n) is 8.00. The second-order valence-electron chi connectivity index (χ2n) is 3.89. The number of furan rings is 1. The molecule has 0 N–H and O–H groups in total. The van der Waals surface area contributed by atoms with Crippen molar-refractivity contribution >= 4 is 28.9 Å². The van der Waals surface area contributed by atoms with E-state index in [2.05, 4.69) is 0 Å². The molecule has 0 spiro atoms. The first-order chi connectivity index (χ1) is 7.31. The molecule has 0 amide bonds. The van der Waals surface area contributed by atoms with E-state index in [0.29, 0.717) is 22.3 Å². The second-order valence-corrected chi connectivity index (χ2v) is 4.29. The number of hydrogen-bond acceptors (Lipinski definition) is 2. The molecule has 3 heteroatoms. The molecule has 1 aromatic heterocycles. The summed E-state index contributed by atoms with van der Waals surface area (Å²) < 4.78 is 5.48. The molecule has 1 aliphatic rings. The number of halogens is 1. The summed E-state index contributed by atoms with van der Waals surface area (Å²) in [5.74, 6) is 0.909. The summed E-state index contributed by atoms with van der Waals surface area (Å²) in [5.41, 5.74) is 1.72. The normalized spacial score (nSPS) is 15.8. The van der Waals surface area contributed by atoms with Gasteiger partial charge in [-0.25, -0.2) is 0 Å². The molecule has 0 atom stereocenters. The number of hydrogen-bond donors (Lipinski definition) is 0. The lowest BCUT2D eigenvalue weighted by molar-refractivity contribution is 0.110. The van der Waals surface area contributed by atoms with E-state index in [9.17, 15) is 4.79 Å². The van der Waals surface area contributed by atoms with E-state index < -0.39 is 0 Å². The van der Waals surface area contributed by atoms with Crippen molar-refractivity contribution in [1.29, 1.82) is 0 Å². The van der Waals surface area contributed by atoms with Crippen LogP contribution in [-0.4, -0.2) is 6.29 Å². The average molecular weight is 221 g/mol. The van der Waals surface area contributed by atoms with Crippen molar-refractivity contribution < 1.29 is 9.21 Å². The predicted octanol–water partition coefficient (Wildman–Crippen LogP) is 3.78. The van der Waals surface area contributed by atoms with Crippen LogP contribution in [0.25, 0.3) is 11.0 Å². The summed E-state index contributed by atoms with van der Waals surface area (Å²) in [6, 6.07) is 5.51. The van der Waals surface area contributed by atoms with Gasteiger partial charge in [-0.05, 0) is 30.9 Å². The Morgan fingerprint density at radius 2 is 2.20 bits per heavy atom. The summed E-state index contributed by atoms with van der Waals surface area (Å²) in [6.45, 7) is 0. The second kappa shape index (κ2) is 3.11. The van der Waals surface area contributed by atoms with Gasteiger partial charge in [-0.1, -0.05) is 17.7 Å². The average Bonchev–Trinajstić information content (AvgIpc) is 2.99. The van der Waals surface area contributed by atoms with Crippen LogP contribution in [0.3, 0.4) is 0 Å².